The Balaban J connectivity index is 0.00000256. The van der Waals surface area contributed by atoms with E-state index < -0.39 is 0 Å². The van der Waals surface area contributed by atoms with Crippen molar-refractivity contribution in [2.45, 2.75) is 38.8 Å². The van der Waals surface area contributed by atoms with Crippen molar-refractivity contribution in [2.75, 3.05) is 26.3 Å². The van der Waals surface area contributed by atoms with Gasteiger partial charge in [0.1, 0.15) is 5.60 Å². The minimum Gasteiger partial charge on any atom is -0.474 e. The first-order valence-electron chi connectivity index (χ1n) is 5.83. The van der Waals surface area contributed by atoms with Crippen molar-refractivity contribution >= 4 is 0 Å². The van der Waals surface area contributed by atoms with Crippen molar-refractivity contribution in [3.05, 3.63) is 12.5 Å². The highest BCUT2D eigenvalue weighted by atomic mass is 19.1. The van der Waals surface area contributed by atoms with Crippen LogP contribution in [0.15, 0.2) is 12.5 Å². The second-order valence-electron chi connectivity index (χ2n) is 5.28. The Morgan fingerprint density at radius 1 is 1.47 bits per heavy atom. The highest BCUT2D eigenvalue weighted by molar-refractivity contribution is 4.94. The van der Waals surface area contributed by atoms with Crippen LogP contribution in [-0.4, -0.2) is 48.3 Å². The maximum absolute atomic E-state index is 11.9. The number of alkyl halides is 1. The van der Waals surface area contributed by atoms with Gasteiger partial charge in [-0.15, -0.1) is 0 Å². The number of hydrogen-bond acceptors (Lipinski definition) is 3. The lowest BCUT2D eigenvalue weighted by atomic mass is 10.1. The van der Waals surface area contributed by atoms with Gasteiger partial charge in [0.05, 0.1) is 12.7 Å². The highest BCUT2D eigenvalue weighted by Gasteiger charge is 2.27. The van der Waals surface area contributed by atoms with Crippen LogP contribution in [0.5, 0.6) is 0 Å². The fourth-order valence-corrected chi connectivity index (χ4v) is 1.75. The second-order valence-corrected chi connectivity index (χ2v) is 5.28. The van der Waals surface area contributed by atoms with E-state index in [9.17, 15) is 4.39 Å². The van der Waals surface area contributed by atoms with Crippen LogP contribution in [0.25, 0.3) is 0 Å². The van der Waals surface area contributed by atoms with Crippen molar-refractivity contribution in [2.24, 2.45) is 0 Å². The SMILES string of the molecule is C=C(NC1CN(CCCF)C1)OC(C)(C)C.O. The van der Waals surface area contributed by atoms with Crippen LogP contribution in [0.4, 0.5) is 4.39 Å². The molecule has 17 heavy (non-hydrogen) atoms. The van der Waals surface area contributed by atoms with Crippen LogP contribution in [0.1, 0.15) is 27.2 Å². The fraction of sp³-hybridized carbons (Fsp3) is 0.833. The number of likely N-dealkylation sites (tertiary alicyclic amines) is 1. The van der Waals surface area contributed by atoms with Crippen molar-refractivity contribution in [1.29, 1.82) is 0 Å². The predicted octanol–water partition coefficient (Wildman–Crippen LogP) is 1.08. The first-order chi connectivity index (χ1) is 7.40. The molecule has 1 rings (SSSR count). The van der Waals surface area contributed by atoms with Gasteiger partial charge < -0.3 is 15.5 Å². The van der Waals surface area contributed by atoms with Crippen LogP contribution in [0.2, 0.25) is 0 Å². The van der Waals surface area contributed by atoms with E-state index in [2.05, 4.69) is 16.8 Å². The summed E-state index contributed by atoms with van der Waals surface area (Å²) in [6.07, 6.45) is 0.631. The third kappa shape index (κ3) is 6.48. The zero-order valence-corrected chi connectivity index (χ0v) is 11.1. The molecule has 1 aliphatic rings. The number of ether oxygens (including phenoxy) is 1. The van der Waals surface area contributed by atoms with Crippen molar-refractivity contribution in [1.82, 2.24) is 10.2 Å². The quantitative estimate of drug-likeness (QED) is 0.716. The Morgan fingerprint density at radius 2 is 2.06 bits per heavy atom. The van der Waals surface area contributed by atoms with E-state index in [0.717, 1.165) is 19.6 Å². The average Bonchev–Trinajstić information content (AvgIpc) is 2.05. The number of nitrogens with zero attached hydrogens (tertiary/aromatic N) is 1. The summed E-state index contributed by atoms with van der Waals surface area (Å²) in [7, 11) is 0. The molecule has 0 unspecified atom stereocenters. The molecule has 102 valence electrons. The zero-order valence-electron chi connectivity index (χ0n) is 11.1. The number of nitrogens with one attached hydrogen (secondary N) is 1. The monoisotopic (exact) mass is 248 g/mol. The maximum Gasteiger partial charge on any atom is 0.180 e. The molecular formula is C12H25FN2O2. The summed E-state index contributed by atoms with van der Waals surface area (Å²) in [5.74, 6) is 0.627. The third-order valence-corrected chi connectivity index (χ3v) is 2.36. The van der Waals surface area contributed by atoms with Gasteiger partial charge in [-0.05, 0) is 33.8 Å². The molecule has 0 aromatic carbocycles. The first-order valence-corrected chi connectivity index (χ1v) is 5.83. The van der Waals surface area contributed by atoms with E-state index in [4.69, 9.17) is 4.74 Å². The molecule has 3 N–H and O–H groups in total. The molecule has 0 saturated carbocycles. The summed E-state index contributed by atoms with van der Waals surface area (Å²) in [5.41, 5.74) is -0.207. The minimum atomic E-state index is -0.228. The van der Waals surface area contributed by atoms with Gasteiger partial charge in [-0.1, -0.05) is 0 Å². The minimum absolute atomic E-state index is 0. The van der Waals surface area contributed by atoms with Gasteiger partial charge in [0.25, 0.3) is 0 Å². The summed E-state index contributed by atoms with van der Waals surface area (Å²) < 4.78 is 17.5. The Bertz CT molecular complexity index is 235. The molecule has 0 aliphatic carbocycles. The molecule has 0 radical (unpaired) electrons. The van der Waals surface area contributed by atoms with Gasteiger partial charge in [-0.3, -0.25) is 9.29 Å². The Labute approximate surface area is 103 Å². The van der Waals surface area contributed by atoms with Crippen LogP contribution in [0, 0.1) is 0 Å². The van der Waals surface area contributed by atoms with Crippen molar-refractivity contribution in [3.63, 3.8) is 0 Å². The highest BCUT2D eigenvalue weighted by Crippen LogP contribution is 2.14. The van der Waals surface area contributed by atoms with Gasteiger partial charge in [-0.2, -0.15) is 0 Å². The second kappa shape index (κ2) is 6.81. The molecule has 4 nitrogen and oxygen atoms in total. The molecule has 1 fully saturated rings. The van der Waals surface area contributed by atoms with Gasteiger partial charge >= 0.3 is 0 Å². The zero-order chi connectivity index (χ0) is 12.2. The van der Waals surface area contributed by atoms with Gasteiger partial charge in [0, 0.05) is 19.6 Å². The fourth-order valence-electron chi connectivity index (χ4n) is 1.75. The molecule has 0 spiro atoms. The number of halogens is 1. The van der Waals surface area contributed by atoms with Crippen molar-refractivity contribution < 1.29 is 14.6 Å². The predicted molar refractivity (Wildman–Crippen MR) is 67.5 cm³/mol. The van der Waals surface area contributed by atoms with E-state index >= 15 is 0 Å². The largest absolute Gasteiger partial charge is 0.474 e. The average molecular weight is 248 g/mol. The number of hydrogen-bond donors (Lipinski definition) is 1. The summed E-state index contributed by atoms with van der Waals surface area (Å²) >= 11 is 0. The van der Waals surface area contributed by atoms with E-state index in [1.165, 1.54) is 0 Å². The van der Waals surface area contributed by atoms with Crippen LogP contribution < -0.4 is 5.32 Å². The van der Waals surface area contributed by atoms with Gasteiger partial charge in [0.15, 0.2) is 5.88 Å². The normalized spacial score (nSPS) is 16.9. The summed E-state index contributed by atoms with van der Waals surface area (Å²) in [4.78, 5) is 2.22. The molecular weight excluding hydrogens is 223 g/mol. The Kier molecular flexibility index (Phi) is 6.49. The molecule has 0 amide bonds. The van der Waals surface area contributed by atoms with E-state index in [-0.39, 0.29) is 17.8 Å². The third-order valence-electron chi connectivity index (χ3n) is 2.36. The van der Waals surface area contributed by atoms with E-state index in [1.807, 2.05) is 20.8 Å². The van der Waals surface area contributed by atoms with Crippen molar-refractivity contribution in [3.8, 4) is 0 Å². The lowest BCUT2D eigenvalue weighted by Crippen LogP contribution is -2.58. The standard InChI is InChI=1S/C12H23FN2O.H2O/c1-10(16-12(2,3)4)14-11-8-15(9-11)7-5-6-13;/h11,14H,1,5-9H2,2-4H3;1H2. The lowest BCUT2D eigenvalue weighted by molar-refractivity contribution is 0.0258. The maximum atomic E-state index is 11.9. The van der Waals surface area contributed by atoms with Gasteiger partial charge in [-0.25, -0.2) is 0 Å². The molecule has 0 aromatic rings. The molecule has 1 saturated heterocycles. The van der Waals surface area contributed by atoms with Crippen LogP contribution in [-0.2, 0) is 4.74 Å². The lowest BCUT2D eigenvalue weighted by Gasteiger charge is -2.40. The molecule has 5 heteroatoms. The van der Waals surface area contributed by atoms with Crippen LogP contribution >= 0.6 is 0 Å². The molecule has 1 heterocycles. The Morgan fingerprint density at radius 3 is 2.53 bits per heavy atom. The summed E-state index contributed by atoms with van der Waals surface area (Å²) in [5, 5.41) is 3.23. The molecule has 0 bridgehead atoms. The first kappa shape index (κ1) is 16.2. The van der Waals surface area contributed by atoms with E-state index in [0.29, 0.717) is 18.3 Å². The molecule has 0 aromatic heterocycles. The summed E-state index contributed by atoms with van der Waals surface area (Å²) in [6, 6.07) is 0.398. The van der Waals surface area contributed by atoms with Crippen LogP contribution in [0.3, 0.4) is 0 Å². The summed E-state index contributed by atoms with van der Waals surface area (Å²) in [6.45, 7) is 12.3. The van der Waals surface area contributed by atoms with E-state index in [1.54, 1.807) is 0 Å². The Hall–Kier alpha value is -0.810. The molecule has 1 aliphatic heterocycles. The van der Waals surface area contributed by atoms with Gasteiger partial charge in [0.2, 0.25) is 0 Å². The molecule has 0 atom stereocenters. The smallest absolute Gasteiger partial charge is 0.180 e. The number of rotatable bonds is 6. The topological polar surface area (TPSA) is 56.0 Å².